The van der Waals surface area contributed by atoms with Gasteiger partial charge in [-0.25, -0.2) is 0 Å². The summed E-state index contributed by atoms with van der Waals surface area (Å²) in [5.41, 5.74) is 23.7. The maximum Gasteiger partial charge on any atom is 0.322 e. The zero-order valence-electron chi connectivity index (χ0n) is 21.3. The van der Waals surface area contributed by atoms with Gasteiger partial charge in [-0.05, 0) is 37.3 Å². The molecular formula is C24H35N9O6. The summed E-state index contributed by atoms with van der Waals surface area (Å²) in [6.45, 7) is -0.517. The highest BCUT2D eigenvalue weighted by atomic mass is 16.4. The lowest BCUT2D eigenvalue weighted by atomic mass is 10.0. The fourth-order valence-corrected chi connectivity index (χ4v) is 3.79. The van der Waals surface area contributed by atoms with Crippen molar-refractivity contribution in [3.05, 3.63) is 36.0 Å². The highest BCUT2D eigenvalue weighted by Crippen LogP contribution is 2.18. The van der Waals surface area contributed by atoms with Gasteiger partial charge in [-0.2, -0.15) is 0 Å². The summed E-state index contributed by atoms with van der Waals surface area (Å²) in [6, 6.07) is 4.12. The Bertz CT molecular complexity index is 1210. The van der Waals surface area contributed by atoms with Gasteiger partial charge in [-0.1, -0.05) is 18.2 Å². The number of nitrogens with zero attached hydrogens (tertiary/aromatic N) is 1. The zero-order chi connectivity index (χ0) is 28.9. The van der Waals surface area contributed by atoms with Crippen molar-refractivity contribution in [2.24, 2.45) is 27.9 Å². The Kier molecular flexibility index (Phi) is 11.7. The Labute approximate surface area is 224 Å². The number of para-hydroxylation sites is 1. The van der Waals surface area contributed by atoms with Crippen LogP contribution in [0.2, 0.25) is 0 Å². The standard InChI is InChI=1S/C24H35N9O6/c25-15(10-13-11-30-16-5-2-1-4-14(13)16)21(37)32-17(6-3-9-29-24(27)28)23(39)33-18(7-8-19(26)34)22(38)31-12-20(35)36/h1-2,4-5,11,15,17-18,30H,3,6-10,12,25H2,(H2,26,34)(H,31,38)(H,32,37)(H,33,39)(H,35,36)(H4,27,28,29). The third-order valence-electron chi connectivity index (χ3n) is 5.76. The summed E-state index contributed by atoms with van der Waals surface area (Å²) < 4.78 is 0. The number of aromatic nitrogens is 1. The van der Waals surface area contributed by atoms with Gasteiger partial charge in [0.1, 0.15) is 18.6 Å². The van der Waals surface area contributed by atoms with E-state index in [1.54, 1.807) is 6.20 Å². The van der Waals surface area contributed by atoms with Crippen molar-refractivity contribution < 1.29 is 29.1 Å². The van der Waals surface area contributed by atoms with E-state index in [9.17, 15) is 24.0 Å². The van der Waals surface area contributed by atoms with Gasteiger partial charge in [0.2, 0.25) is 23.6 Å². The predicted molar refractivity (Wildman–Crippen MR) is 143 cm³/mol. The summed E-state index contributed by atoms with van der Waals surface area (Å²) in [5.74, 6) is -4.32. The van der Waals surface area contributed by atoms with E-state index in [1.165, 1.54) is 0 Å². The summed E-state index contributed by atoms with van der Waals surface area (Å²) in [4.78, 5) is 67.6. The monoisotopic (exact) mass is 545 g/mol. The molecule has 0 saturated heterocycles. The second-order valence-corrected chi connectivity index (χ2v) is 8.86. The van der Waals surface area contributed by atoms with Crippen LogP contribution in [0.4, 0.5) is 0 Å². The quantitative estimate of drug-likeness (QED) is 0.0613. The molecule has 0 fully saturated rings. The van der Waals surface area contributed by atoms with Crippen LogP contribution in [0.5, 0.6) is 0 Å². The predicted octanol–water partition coefficient (Wildman–Crippen LogP) is -2.47. The van der Waals surface area contributed by atoms with E-state index in [0.717, 1.165) is 16.5 Å². The van der Waals surface area contributed by atoms with Crippen molar-refractivity contribution >= 4 is 46.5 Å². The lowest BCUT2D eigenvalue weighted by Crippen LogP contribution is -2.56. The molecule has 1 aromatic carbocycles. The summed E-state index contributed by atoms with van der Waals surface area (Å²) >= 11 is 0. The van der Waals surface area contributed by atoms with Crippen LogP contribution in [0.3, 0.4) is 0 Å². The number of hydrogen-bond acceptors (Lipinski definition) is 7. The molecule has 0 spiro atoms. The third kappa shape index (κ3) is 10.3. The largest absolute Gasteiger partial charge is 0.480 e. The van der Waals surface area contributed by atoms with Crippen molar-refractivity contribution in [3.63, 3.8) is 0 Å². The average Bonchev–Trinajstić information content (AvgIpc) is 3.28. The second kappa shape index (κ2) is 14.9. The maximum atomic E-state index is 13.1. The normalized spacial score (nSPS) is 13.1. The van der Waals surface area contributed by atoms with E-state index < -0.39 is 54.3 Å². The Morgan fingerprint density at radius 2 is 1.62 bits per heavy atom. The van der Waals surface area contributed by atoms with Crippen molar-refractivity contribution in [1.29, 1.82) is 0 Å². The molecule has 0 aliphatic heterocycles. The lowest BCUT2D eigenvalue weighted by molar-refractivity contribution is -0.138. The average molecular weight is 546 g/mol. The van der Waals surface area contributed by atoms with Gasteiger partial charge < -0.3 is 49.0 Å². The number of benzene rings is 1. The molecule has 3 unspecified atom stereocenters. The Morgan fingerprint density at radius 3 is 2.28 bits per heavy atom. The lowest BCUT2D eigenvalue weighted by Gasteiger charge is -2.24. The number of carboxylic acid groups (broad SMARTS) is 1. The minimum atomic E-state index is -1.29. The molecular weight excluding hydrogens is 510 g/mol. The molecule has 4 amide bonds. The number of carbonyl (C=O) groups is 5. The van der Waals surface area contributed by atoms with E-state index >= 15 is 0 Å². The summed E-state index contributed by atoms with van der Waals surface area (Å²) in [5, 5.41) is 17.0. The van der Waals surface area contributed by atoms with E-state index in [-0.39, 0.29) is 38.2 Å². The number of primary amides is 1. The van der Waals surface area contributed by atoms with Crippen LogP contribution in [-0.4, -0.2) is 76.9 Å². The summed E-state index contributed by atoms with van der Waals surface area (Å²) in [6.07, 6.45) is 1.91. The fraction of sp³-hybridized carbons (Fsp3) is 0.417. The van der Waals surface area contributed by atoms with E-state index in [4.69, 9.17) is 28.0 Å². The molecule has 15 nitrogen and oxygen atoms in total. The molecule has 2 rings (SSSR count). The number of amides is 4. The molecule has 13 N–H and O–H groups in total. The molecule has 0 aliphatic rings. The number of aliphatic carboxylic acids is 1. The molecule has 1 aromatic heterocycles. The van der Waals surface area contributed by atoms with Gasteiger partial charge in [0.25, 0.3) is 0 Å². The third-order valence-corrected chi connectivity index (χ3v) is 5.76. The Balaban J connectivity index is 2.14. The Morgan fingerprint density at radius 1 is 0.949 bits per heavy atom. The van der Waals surface area contributed by atoms with Crippen LogP contribution in [0.25, 0.3) is 10.9 Å². The highest BCUT2D eigenvalue weighted by molar-refractivity contribution is 5.94. The van der Waals surface area contributed by atoms with Gasteiger partial charge in [0.15, 0.2) is 5.96 Å². The van der Waals surface area contributed by atoms with Crippen molar-refractivity contribution in [1.82, 2.24) is 20.9 Å². The first-order valence-electron chi connectivity index (χ1n) is 12.2. The molecule has 0 bridgehead atoms. The van der Waals surface area contributed by atoms with Crippen LogP contribution in [0, 0.1) is 0 Å². The topological polar surface area (TPSA) is 274 Å². The van der Waals surface area contributed by atoms with Gasteiger partial charge in [0.05, 0.1) is 6.04 Å². The minimum absolute atomic E-state index is 0.0907. The smallest absolute Gasteiger partial charge is 0.322 e. The SMILES string of the molecule is NC(=O)CCC(NC(=O)C(CCCN=C(N)N)NC(=O)C(N)Cc1c[nH]c2ccccc12)C(=O)NCC(=O)O. The van der Waals surface area contributed by atoms with Gasteiger partial charge >= 0.3 is 5.97 Å². The fourth-order valence-electron chi connectivity index (χ4n) is 3.79. The molecule has 0 radical (unpaired) electrons. The molecule has 1 heterocycles. The van der Waals surface area contributed by atoms with E-state index in [0.29, 0.717) is 6.42 Å². The van der Waals surface area contributed by atoms with Crippen LogP contribution >= 0.6 is 0 Å². The van der Waals surface area contributed by atoms with Crippen LogP contribution in [0.1, 0.15) is 31.2 Å². The maximum absolute atomic E-state index is 13.1. The van der Waals surface area contributed by atoms with Crippen LogP contribution in [0.15, 0.2) is 35.5 Å². The highest BCUT2D eigenvalue weighted by Gasteiger charge is 2.28. The molecule has 2 aromatic rings. The molecule has 212 valence electrons. The minimum Gasteiger partial charge on any atom is -0.480 e. The number of carbonyl (C=O) groups excluding carboxylic acids is 4. The number of H-pyrrole nitrogens is 1. The first kappa shape index (κ1) is 30.6. The number of aliphatic imine (C=N–C) groups is 1. The summed E-state index contributed by atoms with van der Waals surface area (Å²) in [7, 11) is 0. The number of rotatable bonds is 16. The second-order valence-electron chi connectivity index (χ2n) is 8.86. The van der Waals surface area contributed by atoms with Gasteiger partial charge in [0, 0.05) is 30.1 Å². The van der Waals surface area contributed by atoms with Crippen molar-refractivity contribution in [2.75, 3.05) is 13.1 Å². The molecule has 39 heavy (non-hydrogen) atoms. The van der Waals surface area contributed by atoms with E-state index in [1.807, 2.05) is 24.3 Å². The molecule has 15 heteroatoms. The number of guanidine groups is 1. The van der Waals surface area contributed by atoms with Crippen LogP contribution in [-0.2, 0) is 30.4 Å². The van der Waals surface area contributed by atoms with Crippen molar-refractivity contribution in [3.8, 4) is 0 Å². The zero-order valence-corrected chi connectivity index (χ0v) is 21.3. The van der Waals surface area contributed by atoms with Crippen molar-refractivity contribution in [2.45, 2.75) is 50.2 Å². The number of carboxylic acids is 1. The van der Waals surface area contributed by atoms with Crippen LogP contribution < -0.4 is 38.9 Å². The number of fused-ring (bicyclic) bond motifs is 1. The number of nitrogens with two attached hydrogens (primary N) is 4. The van der Waals surface area contributed by atoms with Gasteiger partial charge in [-0.15, -0.1) is 0 Å². The molecule has 0 saturated carbocycles. The number of nitrogens with one attached hydrogen (secondary N) is 4. The first-order valence-corrected chi connectivity index (χ1v) is 12.2. The van der Waals surface area contributed by atoms with E-state index in [2.05, 4.69) is 25.9 Å². The number of hydrogen-bond donors (Lipinski definition) is 9. The van der Waals surface area contributed by atoms with Gasteiger partial charge in [-0.3, -0.25) is 29.0 Å². The Hall–Kier alpha value is -4.66. The molecule has 3 atom stereocenters. The first-order chi connectivity index (χ1) is 18.5. The number of aromatic amines is 1. The molecule has 0 aliphatic carbocycles.